The minimum Gasteiger partial charge on any atom is -0.452 e. The zero-order valence-electron chi connectivity index (χ0n) is 15.0. The lowest BCUT2D eigenvalue weighted by Gasteiger charge is -2.04. The molecule has 0 aliphatic rings. The highest BCUT2D eigenvalue weighted by molar-refractivity contribution is 7.22. The summed E-state index contributed by atoms with van der Waals surface area (Å²) in [5.41, 5.74) is 3.86. The summed E-state index contributed by atoms with van der Waals surface area (Å²) in [5, 5.41) is 6.96. The molecule has 3 rings (SSSR count). The van der Waals surface area contributed by atoms with Crippen molar-refractivity contribution in [2.45, 2.75) is 34.1 Å². The van der Waals surface area contributed by atoms with E-state index in [1.165, 1.54) is 11.3 Å². The lowest BCUT2D eigenvalue weighted by molar-refractivity contribution is -0.119. The van der Waals surface area contributed by atoms with Crippen LogP contribution in [0.5, 0.6) is 0 Å². The lowest BCUT2D eigenvalue weighted by Crippen LogP contribution is -2.21. The van der Waals surface area contributed by atoms with Gasteiger partial charge in [-0.3, -0.25) is 10.1 Å². The van der Waals surface area contributed by atoms with Gasteiger partial charge >= 0.3 is 5.97 Å². The van der Waals surface area contributed by atoms with Gasteiger partial charge in [0.15, 0.2) is 11.7 Å². The first-order chi connectivity index (χ1) is 12.4. The van der Waals surface area contributed by atoms with Gasteiger partial charge in [-0.05, 0) is 44.4 Å². The van der Waals surface area contributed by atoms with Crippen molar-refractivity contribution in [1.82, 2.24) is 10.1 Å². The molecular weight excluding hydrogens is 354 g/mol. The molecule has 26 heavy (non-hydrogen) atoms. The first kappa shape index (κ1) is 18.1. The Bertz CT molecular complexity index is 990. The van der Waals surface area contributed by atoms with Crippen LogP contribution in [0, 0.1) is 20.8 Å². The second-order valence-corrected chi connectivity index (χ2v) is 7.02. The van der Waals surface area contributed by atoms with Gasteiger partial charge in [-0.1, -0.05) is 29.5 Å². The van der Waals surface area contributed by atoms with Crippen LogP contribution in [-0.4, -0.2) is 28.6 Å². The van der Waals surface area contributed by atoms with E-state index in [-0.39, 0.29) is 5.56 Å². The van der Waals surface area contributed by atoms with Gasteiger partial charge in [0.1, 0.15) is 11.3 Å². The quantitative estimate of drug-likeness (QED) is 0.687. The van der Waals surface area contributed by atoms with Crippen LogP contribution < -0.4 is 5.32 Å². The molecule has 0 fully saturated rings. The van der Waals surface area contributed by atoms with E-state index in [1.807, 2.05) is 32.9 Å². The fourth-order valence-corrected chi connectivity index (χ4v) is 3.76. The van der Waals surface area contributed by atoms with Crippen molar-refractivity contribution in [2.24, 2.45) is 0 Å². The summed E-state index contributed by atoms with van der Waals surface area (Å²) in [6.07, 6.45) is 0.540. The SMILES string of the molecule is CCc1noc(C)c1C(=O)OCC(=O)Nc1nc2c(C)cc(C)cc2s1. The fraction of sp³-hybridized carbons (Fsp3) is 0.333. The first-order valence-electron chi connectivity index (χ1n) is 8.19. The van der Waals surface area contributed by atoms with Crippen LogP contribution in [0.4, 0.5) is 5.13 Å². The zero-order valence-corrected chi connectivity index (χ0v) is 15.8. The van der Waals surface area contributed by atoms with E-state index in [9.17, 15) is 9.59 Å². The molecule has 0 saturated carbocycles. The highest BCUT2D eigenvalue weighted by atomic mass is 32.1. The summed E-state index contributed by atoms with van der Waals surface area (Å²) in [6, 6.07) is 4.07. The largest absolute Gasteiger partial charge is 0.452 e. The number of nitrogens with one attached hydrogen (secondary N) is 1. The lowest BCUT2D eigenvalue weighted by atomic mass is 10.1. The molecule has 8 heteroatoms. The second-order valence-electron chi connectivity index (χ2n) is 5.99. The second kappa shape index (κ2) is 7.25. The van der Waals surface area contributed by atoms with Crippen molar-refractivity contribution in [3.05, 3.63) is 40.3 Å². The van der Waals surface area contributed by atoms with E-state index in [0.29, 0.717) is 23.0 Å². The molecular formula is C18H19N3O4S. The number of aryl methyl sites for hydroxylation is 4. The molecule has 2 aromatic heterocycles. The average molecular weight is 373 g/mol. The van der Waals surface area contributed by atoms with E-state index in [1.54, 1.807) is 6.92 Å². The smallest absolute Gasteiger partial charge is 0.344 e. The summed E-state index contributed by atoms with van der Waals surface area (Å²) < 4.78 is 11.1. The van der Waals surface area contributed by atoms with Crippen molar-refractivity contribution >= 4 is 38.6 Å². The number of aromatic nitrogens is 2. The number of carbonyl (C=O) groups excluding carboxylic acids is 2. The van der Waals surface area contributed by atoms with Crippen LogP contribution in [0.15, 0.2) is 16.7 Å². The Balaban J connectivity index is 1.65. The first-order valence-corrected chi connectivity index (χ1v) is 9.00. The Morgan fingerprint density at radius 2 is 2.04 bits per heavy atom. The Kier molecular flexibility index (Phi) is 5.03. The van der Waals surface area contributed by atoms with E-state index < -0.39 is 18.5 Å². The Morgan fingerprint density at radius 3 is 2.77 bits per heavy atom. The zero-order chi connectivity index (χ0) is 18.8. The van der Waals surface area contributed by atoms with Gasteiger partial charge in [0.25, 0.3) is 5.91 Å². The topological polar surface area (TPSA) is 94.3 Å². The Morgan fingerprint density at radius 1 is 1.27 bits per heavy atom. The van der Waals surface area contributed by atoms with Crippen molar-refractivity contribution in [2.75, 3.05) is 11.9 Å². The van der Waals surface area contributed by atoms with E-state index in [4.69, 9.17) is 9.26 Å². The third-order valence-corrected chi connectivity index (χ3v) is 4.80. The number of hydrogen-bond donors (Lipinski definition) is 1. The van der Waals surface area contributed by atoms with E-state index >= 15 is 0 Å². The number of anilines is 1. The molecule has 1 N–H and O–H groups in total. The summed E-state index contributed by atoms with van der Waals surface area (Å²) in [4.78, 5) is 28.7. The number of carbonyl (C=O) groups is 2. The van der Waals surface area contributed by atoms with Gasteiger partial charge in [-0.2, -0.15) is 0 Å². The molecule has 0 aliphatic carbocycles. The van der Waals surface area contributed by atoms with Crippen LogP contribution in [-0.2, 0) is 16.0 Å². The monoisotopic (exact) mass is 373 g/mol. The number of hydrogen-bond acceptors (Lipinski definition) is 7. The van der Waals surface area contributed by atoms with Crippen molar-refractivity contribution in [3.8, 4) is 0 Å². The predicted octanol–water partition coefficient (Wildman–Crippen LogP) is 3.57. The van der Waals surface area contributed by atoms with Crippen LogP contribution in [0.3, 0.4) is 0 Å². The molecule has 1 amide bonds. The number of nitrogens with zero attached hydrogens (tertiary/aromatic N) is 2. The summed E-state index contributed by atoms with van der Waals surface area (Å²) in [6.45, 7) is 7.09. The van der Waals surface area contributed by atoms with Crippen LogP contribution in [0.2, 0.25) is 0 Å². The van der Waals surface area contributed by atoms with Crippen molar-refractivity contribution < 1.29 is 18.8 Å². The predicted molar refractivity (Wildman–Crippen MR) is 98.6 cm³/mol. The number of rotatable bonds is 5. The third-order valence-electron chi connectivity index (χ3n) is 3.88. The third kappa shape index (κ3) is 3.60. The van der Waals surface area contributed by atoms with Gasteiger partial charge in [0, 0.05) is 0 Å². The number of fused-ring (bicyclic) bond motifs is 1. The molecule has 0 saturated heterocycles. The van der Waals surface area contributed by atoms with E-state index in [2.05, 4.69) is 15.5 Å². The summed E-state index contributed by atoms with van der Waals surface area (Å²) in [7, 11) is 0. The molecule has 0 bridgehead atoms. The number of esters is 1. The number of benzene rings is 1. The summed E-state index contributed by atoms with van der Waals surface area (Å²) >= 11 is 1.39. The normalized spacial score (nSPS) is 10.9. The van der Waals surface area contributed by atoms with Crippen LogP contribution >= 0.6 is 11.3 Å². The molecule has 0 atom stereocenters. The van der Waals surface area contributed by atoms with E-state index in [0.717, 1.165) is 21.3 Å². The van der Waals surface area contributed by atoms with Gasteiger partial charge < -0.3 is 9.26 Å². The minimum atomic E-state index is -0.619. The van der Waals surface area contributed by atoms with Gasteiger partial charge in [0.2, 0.25) is 0 Å². The van der Waals surface area contributed by atoms with Gasteiger partial charge in [-0.25, -0.2) is 9.78 Å². The fourth-order valence-electron chi connectivity index (χ4n) is 2.70. The summed E-state index contributed by atoms with van der Waals surface area (Å²) in [5.74, 6) is -0.685. The number of thiazole rings is 1. The maximum Gasteiger partial charge on any atom is 0.344 e. The Hall–Kier alpha value is -2.74. The maximum absolute atomic E-state index is 12.2. The molecule has 1 aromatic carbocycles. The minimum absolute atomic E-state index is 0.284. The highest BCUT2D eigenvalue weighted by Crippen LogP contribution is 2.29. The molecule has 0 radical (unpaired) electrons. The van der Waals surface area contributed by atoms with Crippen LogP contribution in [0.25, 0.3) is 10.2 Å². The van der Waals surface area contributed by atoms with Crippen LogP contribution in [0.1, 0.15) is 39.9 Å². The average Bonchev–Trinajstić information content (AvgIpc) is 3.15. The van der Waals surface area contributed by atoms with Gasteiger partial charge in [-0.15, -0.1) is 0 Å². The maximum atomic E-state index is 12.2. The molecule has 7 nitrogen and oxygen atoms in total. The van der Waals surface area contributed by atoms with Gasteiger partial charge in [0.05, 0.1) is 15.9 Å². The molecule has 3 aromatic rings. The molecule has 0 aliphatic heterocycles. The standard InChI is InChI=1S/C18H19N3O4S/c1-5-12-15(11(4)25-21-12)17(23)24-8-14(22)19-18-20-16-10(3)6-9(2)7-13(16)26-18/h6-7H,5,8H2,1-4H3,(H,19,20,22). The molecule has 0 unspecified atom stereocenters. The van der Waals surface area contributed by atoms with Crippen molar-refractivity contribution in [1.29, 1.82) is 0 Å². The van der Waals surface area contributed by atoms with Crippen molar-refractivity contribution in [3.63, 3.8) is 0 Å². The molecule has 136 valence electrons. The Labute approximate surface area is 154 Å². The highest BCUT2D eigenvalue weighted by Gasteiger charge is 2.21. The molecule has 0 spiro atoms. The molecule has 2 heterocycles. The number of ether oxygens (including phenoxy) is 1. The number of amides is 1.